The van der Waals surface area contributed by atoms with Gasteiger partial charge in [-0.1, -0.05) is 12.1 Å². The summed E-state index contributed by atoms with van der Waals surface area (Å²) in [7, 11) is 0. The smallest absolute Gasteiger partial charge is 0.0346 e. The van der Waals surface area contributed by atoms with Gasteiger partial charge in [0, 0.05) is 24.3 Å². The second kappa shape index (κ2) is 6.33. The molecule has 1 aromatic carbocycles. The highest BCUT2D eigenvalue weighted by Gasteiger charge is 1.96. The number of nitrogens with zero attached hydrogens (tertiary/aromatic N) is 1. The van der Waals surface area contributed by atoms with Crippen LogP contribution < -0.4 is 11.1 Å². The quantitative estimate of drug-likeness (QED) is 0.745. The van der Waals surface area contributed by atoms with Gasteiger partial charge < -0.3 is 11.1 Å². The van der Waals surface area contributed by atoms with Crippen molar-refractivity contribution in [3.05, 3.63) is 42.2 Å². The second-order valence-electron chi connectivity index (χ2n) is 4.23. The third kappa shape index (κ3) is 3.51. The Morgan fingerprint density at radius 1 is 1.12 bits per heavy atom. The van der Waals surface area contributed by atoms with E-state index in [4.69, 9.17) is 5.73 Å². The lowest BCUT2D eigenvalue weighted by Gasteiger charge is -2.05. The molecule has 2 rings (SSSR count). The monoisotopic (exact) mass is 229 g/mol. The molecule has 0 amide bonds. The first kappa shape index (κ1) is 12.0. The van der Waals surface area contributed by atoms with E-state index in [1.165, 1.54) is 16.3 Å². The standard InChI is InChI=1S/C14H19N3/c15-6-1-2-7-16-10-12-3-4-14-11-17-8-5-13(14)9-12/h3-5,8-9,11,16H,1-2,6-7,10,15H2. The summed E-state index contributed by atoms with van der Waals surface area (Å²) < 4.78 is 0. The SMILES string of the molecule is NCCCCNCc1ccc2cnccc2c1. The van der Waals surface area contributed by atoms with Crippen LogP contribution >= 0.6 is 0 Å². The molecule has 3 heteroatoms. The number of unbranched alkanes of at least 4 members (excludes halogenated alkanes) is 1. The summed E-state index contributed by atoms with van der Waals surface area (Å²) in [6.07, 6.45) is 5.97. The van der Waals surface area contributed by atoms with E-state index in [9.17, 15) is 0 Å². The van der Waals surface area contributed by atoms with Crippen LogP contribution in [0.1, 0.15) is 18.4 Å². The van der Waals surface area contributed by atoms with Gasteiger partial charge in [-0.2, -0.15) is 0 Å². The predicted molar refractivity (Wildman–Crippen MR) is 71.7 cm³/mol. The third-order valence-electron chi connectivity index (χ3n) is 2.84. The normalized spacial score (nSPS) is 10.9. The van der Waals surface area contributed by atoms with Gasteiger partial charge in [0.2, 0.25) is 0 Å². The van der Waals surface area contributed by atoms with Gasteiger partial charge in [0.15, 0.2) is 0 Å². The maximum Gasteiger partial charge on any atom is 0.0346 e. The number of aromatic nitrogens is 1. The molecule has 0 radical (unpaired) electrons. The second-order valence-corrected chi connectivity index (χ2v) is 4.23. The number of benzene rings is 1. The highest BCUT2D eigenvalue weighted by molar-refractivity contribution is 5.81. The molecule has 0 saturated carbocycles. The number of rotatable bonds is 6. The number of pyridine rings is 1. The minimum absolute atomic E-state index is 0.782. The maximum atomic E-state index is 5.45. The summed E-state index contributed by atoms with van der Waals surface area (Å²) in [5.74, 6) is 0. The first-order valence-corrected chi connectivity index (χ1v) is 6.13. The van der Waals surface area contributed by atoms with E-state index in [-0.39, 0.29) is 0 Å². The summed E-state index contributed by atoms with van der Waals surface area (Å²) in [6.45, 7) is 2.74. The van der Waals surface area contributed by atoms with Gasteiger partial charge in [0.05, 0.1) is 0 Å². The molecule has 2 aromatic rings. The Morgan fingerprint density at radius 3 is 2.94 bits per heavy atom. The lowest BCUT2D eigenvalue weighted by Crippen LogP contribution is -2.15. The molecule has 0 spiro atoms. The molecule has 0 atom stereocenters. The van der Waals surface area contributed by atoms with Crippen LogP contribution in [0, 0.1) is 0 Å². The molecule has 3 N–H and O–H groups in total. The number of hydrogen-bond acceptors (Lipinski definition) is 3. The molecule has 3 nitrogen and oxygen atoms in total. The van der Waals surface area contributed by atoms with Crippen LogP contribution in [-0.2, 0) is 6.54 Å². The molecule has 0 saturated heterocycles. The van der Waals surface area contributed by atoms with Crippen molar-refractivity contribution in [3.8, 4) is 0 Å². The number of hydrogen-bond donors (Lipinski definition) is 2. The molecule has 0 aliphatic heterocycles. The van der Waals surface area contributed by atoms with Crippen LogP contribution in [-0.4, -0.2) is 18.1 Å². The van der Waals surface area contributed by atoms with E-state index < -0.39 is 0 Å². The molecule has 1 aromatic heterocycles. The lowest BCUT2D eigenvalue weighted by molar-refractivity contribution is 0.628. The van der Waals surface area contributed by atoms with Crippen molar-refractivity contribution in [2.75, 3.05) is 13.1 Å². The molecule has 90 valence electrons. The molecular weight excluding hydrogens is 210 g/mol. The summed E-state index contributed by atoms with van der Waals surface area (Å²) in [6, 6.07) is 8.54. The first-order valence-electron chi connectivity index (χ1n) is 6.13. The van der Waals surface area contributed by atoms with Crippen LogP contribution in [0.15, 0.2) is 36.7 Å². The van der Waals surface area contributed by atoms with E-state index in [1.54, 1.807) is 0 Å². The Bertz CT molecular complexity index is 468. The van der Waals surface area contributed by atoms with Crippen LogP contribution in [0.2, 0.25) is 0 Å². The zero-order valence-corrected chi connectivity index (χ0v) is 10.0. The summed E-state index contributed by atoms with van der Waals surface area (Å²) in [4.78, 5) is 4.11. The Balaban J connectivity index is 1.90. The van der Waals surface area contributed by atoms with Gasteiger partial charge >= 0.3 is 0 Å². The van der Waals surface area contributed by atoms with Gasteiger partial charge in [-0.15, -0.1) is 0 Å². The van der Waals surface area contributed by atoms with Crippen molar-refractivity contribution >= 4 is 10.8 Å². The molecule has 0 unspecified atom stereocenters. The van der Waals surface area contributed by atoms with Crippen molar-refractivity contribution in [3.63, 3.8) is 0 Å². The highest BCUT2D eigenvalue weighted by atomic mass is 14.8. The highest BCUT2D eigenvalue weighted by Crippen LogP contribution is 2.14. The Kier molecular flexibility index (Phi) is 4.47. The van der Waals surface area contributed by atoms with Gasteiger partial charge in [0.25, 0.3) is 0 Å². The van der Waals surface area contributed by atoms with Crippen LogP contribution in [0.4, 0.5) is 0 Å². The van der Waals surface area contributed by atoms with Crippen LogP contribution in [0.5, 0.6) is 0 Å². The third-order valence-corrected chi connectivity index (χ3v) is 2.84. The fourth-order valence-electron chi connectivity index (χ4n) is 1.87. The maximum absolute atomic E-state index is 5.45. The molecule has 17 heavy (non-hydrogen) atoms. The fourth-order valence-corrected chi connectivity index (χ4v) is 1.87. The zero-order chi connectivity index (χ0) is 11.9. The van der Waals surface area contributed by atoms with E-state index in [1.807, 2.05) is 18.5 Å². The molecule has 0 aliphatic carbocycles. The Labute approximate surface area is 102 Å². The van der Waals surface area contributed by atoms with Crippen LogP contribution in [0.3, 0.4) is 0 Å². The minimum Gasteiger partial charge on any atom is -0.330 e. The van der Waals surface area contributed by atoms with Gasteiger partial charge in [-0.05, 0) is 49.0 Å². The molecule has 1 heterocycles. The Hall–Kier alpha value is -1.45. The number of nitrogens with one attached hydrogen (secondary N) is 1. The van der Waals surface area contributed by atoms with Gasteiger partial charge in [-0.25, -0.2) is 0 Å². The van der Waals surface area contributed by atoms with Crippen molar-refractivity contribution in [1.29, 1.82) is 0 Å². The van der Waals surface area contributed by atoms with Crippen molar-refractivity contribution < 1.29 is 0 Å². The fraction of sp³-hybridized carbons (Fsp3) is 0.357. The molecule has 0 bridgehead atoms. The topological polar surface area (TPSA) is 50.9 Å². The summed E-state index contributed by atoms with van der Waals surface area (Å²) in [5, 5.41) is 5.88. The van der Waals surface area contributed by atoms with Crippen molar-refractivity contribution in [1.82, 2.24) is 10.3 Å². The first-order chi connectivity index (χ1) is 8.40. The van der Waals surface area contributed by atoms with Gasteiger partial charge in [-0.3, -0.25) is 4.98 Å². The van der Waals surface area contributed by atoms with Crippen molar-refractivity contribution in [2.24, 2.45) is 5.73 Å². The van der Waals surface area contributed by atoms with E-state index in [2.05, 4.69) is 28.5 Å². The number of nitrogens with two attached hydrogens (primary N) is 1. The lowest BCUT2D eigenvalue weighted by atomic mass is 10.1. The predicted octanol–water partition coefficient (Wildman–Crippen LogP) is 2.06. The van der Waals surface area contributed by atoms with E-state index in [0.29, 0.717) is 0 Å². The number of fused-ring (bicyclic) bond motifs is 1. The Morgan fingerprint density at radius 2 is 2.06 bits per heavy atom. The summed E-state index contributed by atoms with van der Waals surface area (Å²) in [5.41, 5.74) is 6.77. The van der Waals surface area contributed by atoms with E-state index in [0.717, 1.165) is 32.5 Å². The zero-order valence-electron chi connectivity index (χ0n) is 10.0. The average molecular weight is 229 g/mol. The van der Waals surface area contributed by atoms with E-state index >= 15 is 0 Å². The van der Waals surface area contributed by atoms with Crippen molar-refractivity contribution in [2.45, 2.75) is 19.4 Å². The van der Waals surface area contributed by atoms with Gasteiger partial charge in [0.1, 0.15) is 0 Å². The largest absolute Gasteiger partial charge is 0.330 e. The molecule has 0 aliphatic rings. The molecular formula is C14H19N3. The molecule has 0 fully saturated rings. The van der Waals surface area contributed by atoms with Crippen LogP contribution in [0.25, 0.3) is 10.8 Å². The average Bonchev–Trinajstić information content (AvgIpc) is 2.38. The minimum atomic E-state index is 0.782. The summed E-state index contributed by atoms with van der Waals surface area (Å²) >= 11 is 0.